The highest BCUT2D eigenvalue weighted by Gasteiger charge is 2.55. The fourth-order valence-corrected chi connectivity index (χ4v) is 3.54. The quantitative estimate of drug-likeness (QED) is 0.768. The molecule has 1 N–H and O–H groups in total. The lowest BCUT2D eigenvalue weighted by atomic mass is 9.54. The predicted octanol–water partition coefficient (Wildman–Crippen LogP) is 1.34. The van der Waals surface area contributed by atoms with Crippen molar-refractivity contribution in [1.29, 1.82) is 0 Å². The molecule has 2 heterocycles. The highest BCUT2D eigenvalue weighted by Crippen LogP contribution is 2.53. The van der Waals surface area contributed by atoms with Crippen LogP contribution in [-0.4, -0.2) is 37.5 Å². The third-order valence-corrected chi connectivity index (χ3v) is 4.83. The standard InChI is InChI=1S/C13H24N2O/c1-8-9(7-15(4)5)12(16)14-11-6-10(8)13(11,2)3/h8-11H,6-7H2,1-5H3,(H,14,16). The van der Waals surface area contributed by atoms with Crippen molar-refractivity contribution >= 4 is 5.91 Å². The van der Waals surface area contributed by atoms with Crippen molar-refractivity contribution in [2.24, 2.45) is 23.2 Å². The van der Waals surface area contributed by atoms with Gasteiger partial charge in [0.05, 0.1) is 5.92 Å². The molecule has 3 heteroatoms. The summed E-state index contributed by atoms with van der Waals surface area (Å²) < 4.78 is 0. The van der Waals surface area contributed by atoms with Crippen LogP contribution in [0.1, 0.15) is 27.2 Å². The average molecular weight is 224 g/mol. The number of carbonyl (C=O) groups excluding carboxylic acids is 1. The number of nitrogens with one attached hydrogen (secondary N) is 1. The average Bonchev–Trinajstić information content (AvgIpc) is 2.32. The molecule has 4 atom stereocenters. The molecule has 3 nitrogen and oxygen atoms in total. The molecule has 3 fully saturated rings. The second kappa shape index (κ2) is 3.73. The molecule has 1 aliphatic carbocycles. The van der Waals surface area contributed by atoms with Gasteiger partial charge in [0, 0.05) is 12.6 Å². The number of nitrogens with zero attached hydrogens (tertiary/aromatic N) is 1. The van der Waals surface area contributed by atoms with Crippen LogP contribution in [0, 0.1) is 23.2 Å². The molecule has 3 aliphatic rings. The van der Waals surface area contributed by atoms with Crippen LogP contribution in [0.2, 0.25) is 0 Å². The minimum atomic E-state index is 0.159. The minimum Gasteiger partial charge on any atom is -0.353 e. The molecule has 2 bridgehead atoms. The monoisotopic (exact) mass is 224 g/mol. The van der Waals surface area contributed by atoms with E-state index >= 15 is 0 Å². The molecular formula is C13H24N2O. The fraction of sp³-hybridized carbons (Fsp3) is 0.923. The summed E-state index contributed by atoms with van der Waals surface area (Å²) in [7, 11) is 4.08. The van der Waals surface area contributed by atoms with Gasteiger partial charge in [0.25, 0.3) is 0 Å². The summed E-state index contributed by atoms with van der Waals surface area (Å²) in [5.41, 5.74) is 0.288. The molecule has 16 heavy (non-hydrogen) atoms. The van der Waals surface area contributed by atoms with Crippen LogP contribution in [-0.2, 0) is 4.79 Å². The van der Waals surface area contributed by atoms with E-state index in [1.165, 1.54) is 6.42 Å². The van der Waals surface area contributed by atoms with Gasteiger partial charge in [0.1, 0.15) is 0 Å². The van der Waals surface area contributed by atoms with Crippen LogP contribution >= 0.6 is 0 Å². The summed E-state index contributed by atoms with van der Waals surface area (Å²) in [5, 5.41) is 3.22. The van der Waals surface area contributed by atoms with Gasteiger partial charge in [-0.25, -0.2) is 0 Å². The Morgan fingerprint density at radius 3 is 2.56 bits per heavy atom. The van der Waals surface area contributed by atoms with E-state index < -0.39 is 0 Å². The molecule has 3 rings (SSSR count). The zero-order chi connectivity index (χ0) is 12.1. The second-order valence-corrected chi connectivity index (χ2v) is 6.45. The summed E-state index contributed by atoms with van der Waals surface area (Å²) >= 11 is 0. The van der Waals surface area contributed by atoms with Crippen molar-refractivity contribution in [2.75, 3.05) is 20.6 Å². The Hall–Kier alpha value is -0.570. The molecular weight excluding hydrogens is 200 g/mol. The van der Waals surface area contributed by atoms with E-state index in [1.807, 2.05) is 14.1 Å². The van der Waals surface area contributed by atoms with Crippen LogP contribution in [0.5, 0.6) is 0 Å². The normalized spacial score (nSPS) is 41.2. The van der Waals surface area contributed by atoms with E-state index in [0.717, 1.165) is 6.54 Å². The number of hydrogen-bond donors (Lipinski definition) is 1. The Morgan fingerprint density at radius 1 is 1.44 bits per heavy atom. The van der Waals surface area contributed by atoms with Gasteiger partial charge in [-0.15, -0.1) is 0 Å². The SMILES string of the molecule is CC1C(CN(C)C)C(=O)NC2CC1C2(C)C. The van der Waals surface area contributed by atoms with Gasteiger partial charge in [0.2, 0.25) is 5.91 Å². The Balaban J connectivity index is 2.19. The van der Waals surface area contributed by atoms with Crippen LogP contribution in [0.25, 0.3) is 0 Å². The van der Waals surface area contributed by atoms with Gasteiger partial charge in [-0.05, 0) is 37.8 Å². The Kier molecular flexibility index (Phi) is 2.77. The van der Waals surface area contributed by atoms with Gasteiger partial charge in [-0.2, -0.15) is 0 Å². The van der Waals surface area contributed by atoms with Crippen molar-refractivity contribution in [3.63, 3.8) is 0 Å². The highest BCUT2D eigenvalue weighted by molar-refractivity contribution is 5.80. The van der Waals surface area contributed by atoms with Crippen LogP contribution in [0.15, 0.2) is 0 Å². The lowest BCUT2D eigenvalue weighted by Gasteiger charge is -2.52. The number of fused-ring (bicyclic) bond motifs is 3. The van der Waals surface area contributed by atoms with Crippen molar-refractivity contribution in [3.8, 4) is 0 Å². The maximum absolute atomic E-state index is 12.1. The van der Waals surface area contributed by atoms with Crippen molar-refractivity contribution in [2.45, 2.75) is 33.2 Å². The third kappa shape index (κ3) is 1.65. The van der Waals surface area contributed by atoms with Crippen molar-refractivity contribution in [1.82, 2.24) is 10.2 Å². The molecule has 92 valence electrons. The molecule has 1 amide bonds. The molecule has 0 radical (unpaired) electrons. The molecule has 0 aromatic rings. The Bertz CT molecular complexity index is 298. The molecule has 2 aliphatic heterocycles. The van der Waals surface area contributed by atoms with E-state index in [1.54, 1.807) is 0 Å². The second-order valence-electron chi connectivity index (χ2n) is 6.45. The van der Waals surface area contributed by atoms with Gasteiger partial charge in [-0.3, -0.25) is 4.79 Å². The summed E-state index contributed by atoms with van der Waals surface area (Å²) in [6.45, 7) is 7.70. The Labute approximate surface area is 98.6 Å². The smallest absolute Gasteiger partial charge is 0.224 e. The van der Waals surface area contributed by atoms with E-state index in [4.69, 9.17) is 0 Å². The molecule has 0 aromatic heterocycles. The molecule has 1 saturated carbocycles. The maximum Gasteiger partial charge on any atom is 0.224 e. The van der Waals surface area contributed by atoms with E-state index in [2.05, 4.69) is 31.0 Å². The number of hydrogen-bond acceptors (Lipinski definition) is 2. The molecule has 2 saturated heterocycles. The van der Waals surface area contributed by atoms with Crippen LogP contribution in [0.3, 0.4) is 0 Å². The maximum atomic E-state index is 12.1. The fourth-order valence-electron chi connectivity index (χ4n) is 3.54. The first-order chi connectivity index (χ1) is 7.34. The van der Waals surface area contributed by atoms with Crippen LogP contribution < -0.4 is 5.32 Å². The summed E-state index contributed by atoms with van der Waals surface area (Å²) in [4.78, 5) is 14.3. The lowest BCUT2D eigenvalue weighted by molar-refractivity contribution is -0.126. The first-order valence-electron chi connectivity index (χ1n) is 6.29. The number of amides is 1. The minimum absolute atomic E-state index is 0.159. The molecule has 0 aromatic carbocycles. The largest absolute Gasteiger partial charge is 0.353 e. The number of carbonyl (C=O) groups is 1. The summed E-state index contributed by atoms with van der Waals surface area (Å²) in [6, 6.07) is 0.402. The van der Waals surface area contributed by atoms with Gasteiger partial charge >= 0.3 is 0 Å². The van der Waals surface area contributed by atoms with Gasteiger partial charge in [0.15, 0.2) is 0 Å². The first kappa shape index (κ1) is 11.9. The first-order valence-corrected chi connectivity index (χ1v) is 6.29. The Morgan fingerprint density at radius 2 is 2.06 bits per heavy atom. The topological polar surface area (TPSA) is 32.3 Å². The highest BCUT2D eigenvalue weighted by atomic mass is 16.2. The third-order valence-electron chi connectivity index (χ3n) is 4.83. The zero-order valence-corrected chi connectivity index (χ0v) is 11.1. The van der Waals surface area contributed by atoms with Crippen molar-refractivity contribution < 1.29 is 4.79 Å². The van der Waals surface area contributed by atoms with E-state index in [0.29, 0.717) is 17.9 Å². The van der Waals surface area contributed by atoms with Gasteiger partial charge < -0.3 is 10.2 Å². The van der Waals surface area contributed by atoms with Crippen molar-refractivity contribution in [3.05, 3.63) is 0 Å². The van der Waals surface area contributed by atoms with E-state index in [9.17, 15) is 4.79 Å². The lowest BCUT2D eigenvalue weighted by Crippen LogP contribution is -2.56. The van der Waals surface area contributed by atoms with E-state index in [-0.39, 0.29) is 17.2 Å². The summed E-state index contributed by atoms with van der Waals surface area (Å²) in [6.07, 6.45) is 1.17. The summed E-state index contributed by atoms with van der Waals surface area (Å²) in [5.74, 6) is 1.61. The number of rotatable bonds is 2. The van der Waals surface area contributed by atoms with Gasteiger partial charge in [-0.1, -0.05) is 20.8 Å². The molecule has 4 unspecified atom stereocenters. The zero-order valence-electron chi connectivity index (χ0n) is 11.1. The molecule has 0 spiro atoms. The van der Waals surface area contributed by atoms with Crippen LogP contribution in [0.4, 0.5) is 0 Å². The predicted molar refractivity (Wildman–Crippen MR) is 65.0 cm³/mol.